The van der Waals surface area contributed by atoms with E-state index in [1.165, 1.54) is 0 Å². The second-order valence-electron chi connectivity index (χ2n) is 8.31. The predicted octanol–water partition coefficient (Wildman–Crippen LogP) is 3.83. The summed E-state index contributed by atoms with van der Waals surface area (Å²) in [5, 5.41) is 4.31. The van der Waals surface area contributed by atoms with Gasteiger partial charge in [0.2, 0.25) is 0 Å². The van der Waals surface area contributed by atoms with E-state index in [2.05, 4.69) is 18.9 Å². The molecular weight excluding hydrogens is 338 g/mol. The molecule has 0 N–H and O–H groups in total. The molecule has 1 heterocycles. The molecule has 2 aromatic rings. The number of carbonyl (C=O) groups is 2. The molecule has 5 heteroatoms. The van der Waals surface area contributed by atoms with Gasteiger partial charge in [0.1, 0.15) is 0 Å². The quantitative estimate of drug-likeness (QED) is 0.596. The Bertz CT molecular complexity index is 852. The van der Waals surface area contributed by atoms with Crippen LogP contribution in [0.25, 0.3) is 0 Å². The molecule has 1 aromatic carbocycles. The fourth-order valence-corrected chi connectivity index (χ4v) is 4.33. The maximum Gasteiger partial charge on any atom is 0.295 e. The molecule has 1 unspecified atom stereocenters. The molecule has 1 atom stereocenters. The van der Waals surface area contributed by atoms with Crippen LogP contribution in [0.3, 0.4) is 0 Å². The molecule has 0 radical (unpaired) electrons. The fraction of sp³-hybridized carbons (Fsp3) is 0.500. The molecule has 1 aliphatic rings. The summed E-state index contributed by atoms with van der Waals surface area (Å²) < 4.78 is 1.66. The monoisotopic (exact) mass is 367 g/mol. The number of carbonyl (C=O) groups excluding carboxylic acids is 2. The third-order valence-corrected chi connectivity index (χ3v) is 5.96. The van der Waals surface area contributed by atoms with Crippen molar-refractivity contribution in [1.29, 1.82) is 0 Å². The summed E-state index contributed by atoms with van der Waals surface area (Å²) in [5.41, 5.74) is 2.83. The average molecular weight is 367 g/mol. The summed E-state index contributed by atoms with van der Waals surface area (Å²) >= 11 is 0. The van der Waals surface area contributed by atoms with Crippen molar-refractivity contribution in [3.63, 3.8) is 0 Å². The SMILES string of the molecule is Cc1nn(C)c(C)c1C(=O)C(=O)N(Cc1ccccc1)C1CCCC1(C)C. The van der Waals surface area contributed by atoms with Gasteiger partial charge in [-0.1, -0.05) is 50.6 Å². The van der Waals surface area contributed by atoms with Crippen LogP contribution in [-0.4, -0.2) is 32.4 Å². The Morgan fingerprint density at radius 3 is 2.41 bits per heavy atom. The number of hydrogen-bond acceptors (Lipinski definition) is 3. The normalized spacial score (nSPS) is 18.5. The number of aromatic nitrogens is 2. The van der Waals surface area contributed by atoms with Crippen molar-refractivity contribution in [1.82, 2.24) is 14.7 Å². The maximum atomic E-state index is 13.4. The lowest BCUT2D eigenvalue weighted by atomic mass is 9.85. The maximum absolute atomic E-state index is 13.4. The average Bonchev–Trinajstić information content (AvgIpc) is 3.10. The Hall–Kier alpha value is -2.43. The highest BCUT2D eigenvalue weighted by Gasteiger charge is 2.42. The summed E-state index contributed by atoms with van der Waals surface area (Å²) in [7, 11) is 1.80. The van der Waals surface area contributed by atoms with Gasteiger partial charge in [0.15, 0.2) is 0 Å². The summed E-state index contributed by atoms with van der Waals surface area (Å²) in [6.07, 6.45) is 3.08. The van der Waals surface area contributed by atoms with E-state index in [1.807, 2.05) is 37.3 Å². The van der Waals surface area contributed by atoms with Crippen molar-refractivity contribution in [2.75, 3.05) is 0 Å². The van der Waals surface area contributed by atoms with Crippen molar-refractivity contribution in [2.24, 2.45) is 12.5 Å². The van der Waals surface area contributed by atoms with Gasteiger partial charge in [-0.3, -0.25) is 14.3 Å². The lowest BCUT2D eigenvalue weighted by Crippen LogP contribution is -2.48. The van der Waals surface area contributed by atoms with Gasteiger partial charge in [-0.15, -0.1) is 0 Å². The van der Waals surface area contributed by atoms with Gasteiger partial charge < -0.3 is 4.90 Å². The van der Waals surface area contributed by atoms with Crippen LogP contribution in [0.5, 0.6) is 0 Å². The lowest BCUT2D eigenvalue weighted by molar-refractivity contribution is -0.131. The zero-order valence-corrected chi connectivity index (χ0v) is 17.0. The second kappa shape index (κ2) is 7.29. The largest absolute Gasteiger partial charge is 0.328 e. The first-order chi connectivity index (χ1) is 12.7. The van der Waals surface area contributed by atoms with Gasteiger partial charge in [0.25, 0.3) is 11.7 Å². The number of aryl methyl sites for hydroxylation is 2. The number of amides is 1. The highest BCUT2D eigenvalue weighted by Crippen LogP contribution is 2.41. The predicted molar refractivity (Wildman–Crippen MR) is 105 cm³/mol. The third kappa shape index (κ3) is 3.68. The molecule has 1 aliphatic carbocycles. The van der Waals surface area contributed by atoms with E-state index in [9.17, 15) is 9.59 Å². The van der Waals surface area contributed by atoms with Crippen molar-refractivity contribution >= 4 is 11.7 Å². The van der Waals surface area contributed by atoms with E-state index in [-0.39, 0.29) is 11.5 Å². The van der Waals surface area contributed by atoms with Crippen LogP contribution in [-0.2, 0) is 18.4 Å². The number of rotatable bonds is 5. The second-order valence-corrected chi connectivity index (χ2v) is 8.31. The molecule has 1 fully saturated rings. The summed E-state index contributed by atoms with van der Waals surface area (Å²) in [6, 6.07) is 9.97. The van der Waals surface area contributed by atoms with Gasteiger partial charge in [-0.05, 0) is 37.7 Å². The van der Waals surface area contributed by atoms with E-state index in [0.29, 0.717) is 17.8 Å². The minimum absolute atomic E-state index is 0.00372. The summed E-state index contributed by atoms with van der Waals surface area (Å²) in [5.74, 6) is -0.866. The number of ketones is 1. The van der Waals surface area contributed by atoms with Crippen molar-refractivity contribution < 1.29 is 9.59 Å². The van der Waals surface area contributed by atoms with Crippen LogP contribution in [0.1, 0.15) is 60.4 Å². The van der Waals surface area contributed by atoms with E-state index >= 15 is 0 Å². The van der Waals surface area contributed by atoms with Crippen molar-refractivity contribution in [3.8, 4) is 0 Å². The minimum Gasteiger partial charge on any atom is -0.328 e. The Morgan fingerprint density at radius 1 is 1.22 bits per heavy atom. The van der Waals surface area contributed by atoms with Crippen molar-refractivity contribution in [2.45, 2.75) is 59.5 Å². The van der Waals surface area contributed by atoms with Crippen LogP contribution >= 0.6 is 0 Å². The van der Waals surface area contributed by atoms with E-state index in [4.69, 9.17) is 0 Å². The smallest absolute Gasteiger partial charge is 0.295 e. The Labute approximate surface area is 161 Å². The van der Waals surface area contributed by atoms with Gasteiger partial charge >= 0.3 is 0 Å². The molecule has 144 valence electrons. The number of hydrogen-bond donors (Lipinski definition) is 0. The highest BCUT2D eigenvalue weighted by molar-refractivity contribution is 6.43. The first-order valence-corrected chi connectivity index (χ1v) is 9.62. The van der Waals surface area contributed by atoms with Gasteiger partial charge in [-0.2, -0.15) is 5.10 Å². The topological polar surface area (TPSA) is 55.2 Å². The molecule has 0 saturated heterocycles. The summed E-state index contributed by atoms with van der Waals surface area (Å²) in [6.45, 7) is 8.47. The Kier molecular flexibility index (Phi) is 5.22. The van der Waals surface area contributed by atoms with Gasteiger partial charge in [0.05, 0.1) is 11.3 Å². The standard InChI is InChI=1S/C22H29N3O2/c1-15-19(16(2)24(5)23-15)20(26)21(27)25(14-17-10-7-6-8-11-17)18-12-9-13-22(18,3)4/h6-8,10-11,18H,9,12-14H2,1-5H3. The Balaban J connectivity index is 1.96. The van der Waals surface area contributed by atoms with Gasteiger partial charge in [0, 0.05) is 25.3 Å². The van der Waals surface area contributed by atoms with Crippen LogP contribution < -0.4 is 0 Å². The zero-order chi connectivity index (χ0) is 19.8. The summed E-state index contributed by atoms with van der Waals surface area (Å²) in [4.78, 5) is 28.3. The Morgan fingerprint density at radius 2 is 1.89 bits per heavy atom. The first-order valence-electron chi connectivity index (χ1n) is 9.62. The minimum atomic E-state index is -0.447. The number of Topliss-reactive ketones (excluding diaryl/α,β-unsaturated/α-hetero) is 1. The number of nitrogens with zero attached hydrogens (tertiary/aromatic N) is 3. The van der Waals surface area contributed by atoms with Crippen LogP contribution in [0, 0.1) is 19.3 Å². The third-order valence-electron chi connectivity index (χ3n) is 5.96. The molecule has 1 aromatic heterocycles. The van der Waals surface area contributed by atoms with Crippen LogP contribution in [0.2, 0.25) is 0 Å². The zero-order valence-electron chi connectivity index (χ0n) is 17.0. The molecule has 0 bridgehead atoms. The molecule has 5 nitrogen and oxygen atoms in total. The molecule has 0 aliphatic heterocycles. The van der Waals surface area contributed by atoms with E-state index < -0.39 is 11.7 Å². The van der Waals surface area contributed by atoms with Gasteiger partial charge in [-0.25, -0.2) is 0 Å². The molecule has 0 spiro atoms. The lowest BCUT2D eigenvalue weighted by Gasteiger charge is -2.37. The molecule has 1 saturated carbocycles. The van der Waals surface area contributed by atoms with E-state index in [0.717, 1.165) is 30.5 Å². The molecule has 27 heavy (non-hydrogen) atoms. The van der Waals surface area contributed by atoms with E-state index in [1.54, 1.807) is 23.6 Å². The first kappa shape index (κ1) is 19.3. The fourth-order valence-electron chi connectivity index (χ4n) is 4.33. The molecular formula is C22H29N3O2. The highest BCUT2D eigenvalue weighted by atomic mass is 16.2. The molecule has 1 amide bonds. The van der Waals surface area contributed by atoms with Crippen LogP contribution in [0.15, 0.2) is 30.3 Å². The number of benzene rings is 1. The molecule has 3 rings (SSSR count). The van der Waals surface area contributed by atoms with Crippen molar-refractivity contribution in [3.05, 3.63) is 52.8 Å². The van der Waals surface area contributed by atoms with Crippen LogP contribution in [0.4, 0.5) is 0 Å².